The Balaban J connectivity index is 2.11. The summed E-state index contributed by atoms with van der Waals surface area (Å²) < 4.78 is 0. The van der Waals surface area contributed by atoms with Gasteiger partial charge in [0, 0.05) is 18.0 Å². The number of carbonyl (C=O) groups is 1. The molecule has 0 unspecified atom stereocenters. The maximum absolute atomic E-state index is 12.0. The van der Waals surface area contributed by atoms with E-state index >= 15 is 0 Å². The number of rotatable bonds is 5. The van der Waals surface area contributed by atoms with E-state index < -0.39 is 16.4 Å². The third-order valence-electron chi connectivity index (χ3n) is 3.97. The second-order valence-corrected chi connectivity index (χ2v) is 5.41. The summed E-state index contributed by atoms with van der Waals surface area (Å²) in [7, 11) is 0. The van der Waals surface area contributed by atoms with Crippen LogP contribution in [0.15, 0.2) is 17.1 Å². The summed E-state index contributed by atoms with van der Waals surface area (Å²) >= 11 is 0. The first kappa shape index (κ1) is 15.2. The highest BCUT2D eigenvalue weighted by molar-refractivity contribution is 5.94. The van der Waals surface area contributed by atoms with Gasteiger partial charge in [0.1, 0.15) is 5.56 Å². The van der Waals surface area contributed by atoms with Gasteiger partial charge in [0.2, 0.25) is 0 Å². The first-order valence-corrected chi connectivity index (χ1v) is 6.74. The zero-order valence-electron chi connectivity index (χ0n) is 11.4. The molecule has 1 aliphatic carbocycles. The molecule has 1 aliphatic rings. The van der Waals surface area contributed by atoms with Crippen molar-refractivity contribution < 1.29 is 14.8 Å². The van der Waals surface area contributed by atoms with Crippen LogP contribution in [0.2, 0.25) is 0 Å². The quantitative estimate of drug-likeness (QED) is 0.540. The molecule has 0 aliphatic heterocycles. The zero-order chi connectivity index (χ0) is 15.5. The van der Waals surface area contributed by atoms with Gasteiger partial charge in [0.15, 0.2) is 0 Å². The van der Waals surface area contributed by atoms with E-state index in [1.807, 2.05) is 0 Å². The summed E-state index contributed by atoms with van der Waals surface area (Å²) in [6.45, 7) is 0.225. The lowest BCUT2D eigenvalue weighted by molar-refractivity contribution is -0.385. The molecule has 0 aromatic carbocycles. The van der Waals surface area contributed by atoms with Crippen molar-refractivity contribution in [2.24, 2.45) is 5.41 Å². The highest BCUT2D eigenvalue weighted by Crippen LogP contribution is 2.36. The molecule has 0 radical (unpaired) electrons. The molecule has 21 heavy (non-hydrogen) atoms. The van der Waals surface area contributed by atoms with E-state index in [1.54, 1.807) is 0 Å². The van der Waals surface area contributed by atoms with Crippen molar-refractivity contribution in [2.45, 2.75) is 25.7 Å². The highest BCUT2D eigenvalue weighted by Gasteiger charge is 2.33. The molecule has 1 aromatic heterocycles. The summed E-state index contributed by atoms with van der Waals surface area (Å²) in [6, 6.07) is 0.953. The third kappa shape index (κ3) is 3.27. The first-order valence-electron chi connectivity index (χ1n) is 6.74. The smallest absolute Gasteiger partial charge is 0.286 e. The maximum Gasteiger partial charge on any atom is 0.286 e. The number of aromatic amines is 1. The van der Waals surface area contributed by atoms with Crippen LogP contribution < -0.4 is 10.9 Å². The molecular formula is C13H17N3O5. The molecule has 8 nitrogen and oxygen atoms in total. The van der Waals surface area contributed by atoms with Crippen molar-refractivity contribution in [3.63, 3.8) is 0 Å². The number of aliphatic hydroxyl groups is 1. The van der Waals surface area contributed by atoms with Crippen molar-refractivity contribution in [3.8, 4) is 0 Å². The van der Waals surface area contributed by atoms with Gasteiger partial charge in [-0.2, -0.15) is 0 Å². The molecule has 0 spiro atoms. The van der Waals surface area contributed by atoms with Crippen LogP contribution in [0.25, 0.3) is 0 Å². The van der Waals surface area contributed by atoms with Gasteiger partial charge in [-0.05, 0) is 12.8 Å². The van der Waals surface area contributed by atoms with Gasteiger partial charge >= 0.3 is 0 Å². The summed E-state index contributed by atoms with van der Waals surface area (Å²) in [4.78, 5) is 35.8. The minimum absolute atomic E-state index is 0.0292. The van der Waals surface area contributed by atoms with E-state index in [9.17, 15) is 24.8 Å². The molecule has 1 aromatic rings. The number of hydrogen-bond acceptors (Lipinski definition) is 5. The van der Waals surface area contributed by atoms with Crippen molar-refractivity contribution in [1.29, 1.82) is 0 Å². The molecule has 1 saturated carbocycles. The van der Waals surface area contributed by atoms with Crippen molar-refractivity contribution in [1.82, 2.24) is 10.3 Å². The second kappa shape index (κ2) is 6.04. The van der Waals surface area contributed by atoms with Crippen LogP contribution in [0, 0.1) is 15.5 Å². The minimum Gasteiger partial charge on any atom is -0.396 e. The number of nitrogens with zero attached hydrogens (tertiary/aromatic N) is 1. The molecule has 8 heteroatoms. The number of aromatic nitrogens is 1. The topological polar surface area (TPSA) is 125 Å². The summed E-state index contributed by atoms with van der Waals surface area (Å²) in [6.07, 6.45) is 4.57. The molecule has 0 bridgehead atoms. The lowest BCUT2D eigenvalue weighted by Crippen LogP contribution is -2.39. The zero-order valence-corrected chi connectivity index (χ0v) is 11.4. The van der Waals surface area contributed by atoms with Crippen molar-refractivity contribution in [2.75, 3.05) is 13.2 Å². The van der Waals surface area contributed by atoms with Crippen LogP contribution in [0.5, 0.6) is 0 Å². The summed E-state index contributed by atoms with van der Waals surface area (Å²) in [5.41, 5.74) is -1.67. The fraction of sp³-hybridized carbons (Fsp3) is 0.538. The van der Waals surface area contributed by atoms with E-state index in [2.05, 4.69) is 10.3 Å². The van der Waals surface area contributed by atoms with E-state index in [4.69, 9.17) is 0 Å². The molecule has 0 saturated heterocycles. The number of aliphatic hydroxyl groups excluding tert-OH is 1. The molecule has 2 rings (SSSR count). The Bertz CT molecular complexity index is 604. The van der Waals surface area contributed by atoms with Crippen LogP contribution in [0.1, 0.15) is 36.0 Å². The molecule has 1 fully saturated rings. The van der Waals surface area contributed by atoms with Gasteiger partial charge in [-0.3, -0.25) is 19.7 Å². The standard InChI is InChI=1S/C13H17N3O5/c17-8-13(3-1-2-4-13)7-15-12(19)10-5-9(16(20)21)6-14-11(10)18/h5-6,17H,1-4,7-8H2,(H,14,18)(H,15,19). The number of pyridine rings is 1. The molecule has 1 heterocycles. The Morgan fingerprint density at radius 2 is 2.14 bits per heavy atom. The number of amides is 1. The van der Waals surface area contributed by atoms with Gasteiger partial charge in [-0.15, -0.1) is 0 Å². The Labute approximate surface area is 120 Å². The average molecular weight is 295 g/mol. The molecule has 0 atom stereocenters. The third-order valence-corrected chi connectivity index (χ3v) is 3.97. The van der Waals surface area contributed by atoms with Crippen LogP contribution in [-0.2, 0) is 0 Å². The Morgan fingerprint density at radius 1 is 1.48 bits per heavy atom. The molecular weight excluding hydrogens is 278 g/mol. The van der Waals surface area contributed by atoms with Crippen LogP contribution in [0.4, 0.5) is 5.69 Å². The van der Waals surface area contributed by atoms with Gasteiger partial charge in [0.05, 0.1) is 17.7 Å². The van der Waals surface area contributed by atoms with Gasteiger partial charge in [-0.1, -0.05) is 12.8 Å². The number of hydrogen-bond donors (Lipinski definition) is 3. The monoisotopic (exact) mass is 295 g/mol. The molecule has 3 N–H and O–H groups in total. The van der Waals surface area contributed by atoms with Crippen LogP contribution in [0.3, 0.4) is 0 Å². The van der Waals surface area contributed by atoms with Crippen molar-refractivity contribution >= 4 is 11.6 Å². The summed E-state index contributed by atoms with van der Waals surface area (Å²) in [5, 5.41) is 22.7. The van der Waals surface area contributed by atoms with Gasteiger partial charge in [-0.25, -0.2) is 0 Å². The SMILES string of the molecule is O=C(NCC1(CO)CCCC1)c1cc([N+](=O)[O-])c[nH]c1=O. The fourth-order valence-corrected chi connectivity index (χ4v) is 2.63. The lowest BCUT2D eigenvalue weighted by atomic mass is 9.87. The van der Waals surface area contributed by atoms with E-state index in [1.165, 1.54) is 0 Å². The molecule has 1 amide bonds. The number of carbonyl (C=O) groups excluding carboxylic acids is 1. The second-order valence-electron chi connectivity index (χ2n) is 5.41. The average Bonchev–Trinajstić information content (AvgIpc) is 2.94. The normalized spacial score (nSPS) is 16.6. The Hall–Kier alpha value is -2.22. The number of H-pyrrole nitrogens is 1. The van der Waals surface area contributed by atoms with Crippen LogP contribution >= 0.6 is 0 Å². The van der Waals surface area contributed by atoms with E-state index in [0.29, 0.717) is 0 Å². The Morgan fingerprint density at radius 3 is 2.71 bits per heavy atom. The summed E-state index contributed by atoms with van der Waals surface area (Å²) in [5.74, 6) is -0.667. The highest BCUT2D eigenvalue weighted by atomic mass is 16.6. The predicted molar refractivity (Wildman–Crippen MR) is 74.0 cm³/mol. The molecule has 114 valence electrons. The lowest BCUT2D eigenvalue weighted by Gasteiger charge is -2.26. The van der Waals surface area contributed by atoms with E-state index in [-0.39, 0.29) is 29.8 Å². The van der Waals surface area contributed by atoms with Crippen molar-refractivity contribution in [3.05, 3.63) is 38.3 Å². The van der Waals surface area contributed by atoms with E-state index in [0.717, 1.165) is 37.9 Å². The predicted octanol–water partition coefficient (Wildman–Crippen LogP) is 0.566. The Kier molecular flexibility index (Phi) is 4.37. The first-order chi connectivity index (χ1) is 9.97. The fourth-order valence-electron chi connectivity index (χ4n) is 2.63. The number of nitro groups is 1. The maximum atomic E-state index is 12.0. The van der Waals surface area contributed by atoms with Crippen LogP contribution in [-0.4, -0.2) is 34.1 Å². The largest absolute Gasteiger partial charge is 0.396 e. The van der Waals surface area contributed by atoms with Gasteiger partial charge < -0.3 is 15.4 Å². The minimum atomic E-state index is -0.682. The number of nitrogens with one attached hydrogen (secondary N) is 2. The van der Waals surface area contributed by atoms with Gasteiger partial charge in [0.25, 0.3) is 17.2 Å².